The molecule has 9 heteroatoms. The Kier molecular flexibility index (Phi) is 6.13. The van der Waals surface area contributed by atoms with Crippen LogP contribution in [0.15, 0.2) is 71.1 Å². The summed E-state index contributed by atoms with van der Waals surface area (Å²) in [6, 6.07) is 14.3. The summed E-state index contributed by atoms with van der Waals surface area (Å²) in [7, 11) is 1.62. The minimum absolute atomic E-state index is 0.178. The van der Waals surface area contributed by atoms with Crippen LogP contribution in [0.3, 0.4) is 0 Å². The van der Waals surface area contributed by atoms with Gasteiger partial charge in [-0.05, 0) is 42.5 Å². The van der Waals surface area contributed by atoms with Crippen LogP contribution in [0.5, 0.6) is 5.75 Å². The number of carbonyl (C=O) groups is 1. The van der Waals surface area contributed by atoms with E-state index in [-0.39, 0.29) is 24.6 Å². The van der Waals surface area contributed by atoms with Gasteiger partial charge in [0, 0.05) is 35.0 Å². The van der Waals surface area contributed by atoms with E-state index < -0.39 is 0 Å². The number of rotatable bonds is 7. The Bertz CT molecular complexity index is 1240. The molecule has 0 bridgehead atoms. The molecule has 0 spiro atoms. The van der Waals surface area contributed by atoms with Crippen LogP contribution in [0.4, 0.5) is 0 Å². The third kappa shape index (κ3) is 5.01. The molecule has 0 aliphatic carbocycles. The van der Waals surface area contributed by atoms with Crippen molar-refractivity contribution in [1.29, 1.82) is 0 Å². The molecule has 0 saturated heterocycles. The molecule has 156 valence electrons. The number of pyridine rings is 1. The van der Waals surface area contributed by atoms with Gasteiger partial charge in [0.25, 0.3) is 5.56 Å². The van der Waals surface area contributed by atoms with Gasteiger partial charge in [-0.2, -0.15) is 5.10 Å². The monoisotopic (exact) mass is 433 g/mol. The number of methoxy groups -OCH3 is 1. The van der Waals surface area contributed by atoms with Gasteiger partial charge in [0.15, 0.2) is 0 Å². The lowest BCUT2D eigenvalue weighted by molar-refractivity contribution is -0.122. The van der Waals surface area contributed by atoms with Crippen molar-refractivity contribution in [3.05, 3.63) is 82.4 Å². The molecule has 3 heterocycles. The van der Waals surface area contributed by atoms with Crippen molar-refractivity contribution in [2.24, 2.45) is 0 Å². The summed E-state index contributed by atoms with van der Waals surface area (Å²) in [4.78, 5) is 33.1. The minimum atomic E-state index is -0.349. The van der Waals surface area contributed by atoms with Crippen LogP contribution >= 0.6 is 11.3 Å². The normalized spacial score (nSPS) is 10.6. The Hall–Kier alpha value is -3.85. The lowest BCUT2D eigenvalue weighted by atomic mass is 10.2. The van der Waals surface area contributed by atoms with Crippen molar-refractivity contribution >= 4 is 17.2 Å². The molecule has 8 nitrogen and oxygen atoms in total. The number of nitrogens with one attached hydrogen (secondary N) is 1. The Balaban J connectivity index is 1.39. The van der Waals surface area contributed by atoms with Gasteiger partial charge in [-0.1, -0.05) is 0 Å². The van der Waals surface area contributed by atoms with Crippen molar-refractivity contribution in [1.82, 2.24) is 25.1 Å². The summed E-state index contributed by atoms with van der Waals surface area (Å²) in [5.41, 5.74) is 2.72. The Labute approximate surface area is 182 Å². The minimum Gasteiger partial charge on any atom is -0.497 e. The third-order valence-corrected chi connectivity index (χ3v) is 5.41. The number of nitrogens with zero attached hydrogens (tertiary/aromatic N) is 4. The van der Waals surface area contributed by atoms with Crippen LogP contribution in [-0.2, 0) is 17.9 Å². The molecule has 1 aromatic carbocycles. The highest BCUT2D eigenvalue weighted by Crippen LogP contribution is 2.25. The second-order valence-electron chi connectivity index (χ2n) is 6.61. The zero-order valence-corrected chi connectivity index (χ0v) is 17.5. The van der Waals surface area contributed by atoms with E-state index in [1.165, 1.54) is 17.4 Å². The summed E-state index contributed by atoms with van der Waals surface area (Å²) in [6.07, 6.45) is 3.31. The largest absolute Gasteiger partial charge is 0.497 e. The molecular formula is C22H19N5O3S. The molecular weight excluding hydrogens is 414 g/mol. The molecule has 0 unspecified atom stereocenters. The molecule has 4 rings (SSSR count). The lowest BCUT2D eigenvalue weighted by Crippen LogP contribution is -2.33. The first-order valence-electron chi connectivity index (χ1n) is 9.46. The number of benzene rings is 1. The quantitative estimate of drug-likeness (QED) is 0.481. The third-order valence-electron chi connectivity index (χ3n) is 4.47. The number of hydrogen-bond acceptors (Lipinski definition) is 7. The fourth-order valence-electron chi connectivity index (χ4n) is 2.87. The van der Waals surface area contributed by atoms with Crippen LogP contribution in [0.2, 0.25) is 0 Å². The smallest absolute Gasteiger partial charge is 0.267 e. The van der Waals surface area contributed by atoms with Gasteiger partial charge in [-0.25, -0.2) is 9.67 Å². The molecule has 0 saturated carbocycles. The van der Waals surface area contributed by atoms with Crippen molar-refractivity contribution in [2.75, 3.05) is 7.11 Å². The summed E-state index contributed by atoms with van der Waals surface area (Å²) >= 11 is 1.50. The number of thiazole rings is 1. The molecule has 0 fully saturated rings. The molecule has 0 radical (unpaired) electrons. The van der Waals surface area contributed by atoms with Gasteiger partial charge in [0.2, 0.25) is 5.91 Å². The molecule has 0 aliphatic rings. The number of carbonyl (C=O) groups excluding carboxylic acids is 1. The first kappa shape index (κ1) is 20.4. The van der Waals surface area contributed by atoms with E-state index in [0.29, 0.717) is 5.69 Å². The summed E-state index contributed by atoms with van der Waals surface area (Å²) < 4.78 is 6.31. The zero-order valence-electron chi connectivity index (χ0n) is 16.7. The second kappa shape index (κ2) is 9.31. The van der Waals surface area contributed by atoms with E-state index in [1.807, 2.05) is 35.7 Å². The zero-order chi connectivity index (χ0) is 21.6. The molecule has 3 aromatic heterocycles. The Morgan fingerprint density at radius 1 is 1.13 bits per heavy atom. The van der Waals surface area contributed by atoms with Gasteiger partial charge in [0.1, 0.15) is 17.3 Å². The summed E-state index contributed by atoms with van der Waals surface area (Å²) in [5.74, 6) is 0.459. The van der Waals surface area contributed by atoms with Crippen LogP contribution in [0.25, 0.3) is 21.8 Å². The fraction of sp³-hybridized carbons (Fsp3) is 0.136. The van der Waals surface area contributed by atoms with Crippen molar-refractivity contribution in [3.8, 4) is 27.6 Å². The molecule has 0 aliphatic heterocycles. The predicted molar refractivity (Wildman–Crippen MR) is 118 cm³/mol. The maximum absolute atomic E-state index is 12.4. The van der Waals surface area contributed by atoms with Crippen LogP contribution in [-0.4, -0.2) is 32.8 Å². The maximum Gasteiger partial charge on any atom is 0.267 e. The highest BCUT2D eigenvalue weighted by molar-refractivity contribution is 7.13. The summed E-state index contributed by atoms with van der Waals surface area (Å²) in [6.45, 7) is 0.0882. The van der Waals surface area contributed by atoms with E-state index in [1.54, 1.807) is 31.6 Å². The van der Waals surface area contributed by atoms with Crippen LogP contribution < -0.4 is 15.6 Å². The molecule has 4 aromatic rings. The Morgan fingerprint density at radius 2 is 1.97 bits per heavy atom. The number of hydrogen-bond donors (Lipinski definition) is 1. The van der Waals surface area contributed by atoms with Crippen molar-refractivity contribution in [2.45, 2.75) is 13.1 Å². The van der Waals surface area contributed by atoms with Gasteiger partial charge < -0.3 is 10.1 Å². The number of ether oxygens (including phenoxy) is 1. The standard InChI is InChI=1S/C22H19N5O3S/c1-30-18-6-4-15(5-7-18)22-25-17(14-31-22)12-24-20(28)13-27-21(29)9-8-19(26-27)16-3-2-10-23-11-16/h2-11,14H,12-13H2,1H3,(H,24,28). The van der Waals surface area contributed by atoms with Crippen LogP contribution in [0, 0.1) is 0 Å². The Morgan fingerprint density at radius 3 is 2.71 bits per heavy atom. The molecule has 1 amide bonds. The van der Waals surface area contributed by atoms with Gasteiger partial charge >= 0.3 is 0 Å². The van der Waals surface area contributed by atoms with Gasteiger partial charge in [-0.15, -0.1) is 11.3 Å². The van der Waals surface area contributed by atoms with Crippen molar-refractivity contribution < 1.29 is 9.53 Å². The number of amides is 1. The highest BCUT2D eigenvalue weighted by Gasteiger charge is 2.10. The average Bonchev–Trinajstić information content (AvgIpc) is 3.29. The molecule has 31 heavy (non-hydrogen) atoms. The number of aromatic nitrogens is 4. The van der Waals surface area contributed by atoms with E-state index in [4.69, 9.17) is 4.74 Å². The van der Waals surface area contributed by atoms with Gasteiger partial charge in [0.05, 0.1) is 25.0 Å². The second-order valence-corrected chi connectivity index (χ2v) is 7.46. The van der Waals surface area contributed by atoms with E-state index >= 15 is 0 Å². The van der Waals surface area contributed by atoms with Crippen LogP contribution in [0.1, 0.15) is 5.69 Å². The van der Waals surface area contributed by atoms with Gasteiger partial charge in [-0.3, -0.25) is 14.6 Å². The molecule has 0 atom stereocenters. The van der Waals surface area contributed by atoms with Crippen molar-refractivity contribution in [3.63, 3.8) is 0 Å². The SMILES string of the molecule is COc1ccc(-c2nc(CNC(=O)Cn3nc(-c4cccnc4)ccc3=O)cs2)cc1. The molecule has 1 N–H and O–H groups in total. The predicted octanol–water partition coefficient (Wildman–Crippen LogP) is 2.75. The fourth-order valence-corrected chi connectivity index (χ4v) is 3.69. The van der Waals surface area contributed by atoms with E-state index in [2.05, 4.69) is 20.4 Å². The van der Waals surface area contributed by atoms with E-state index in [0.717, 1.165) is 32.3 Å². The maximum atomic E-state index is 12.4. The highest BCUT2D eigenvalue weighted by atomic mass is 32.1. The summed E-state index contributed by atoms with van der Waals surface area (Å²) in [5, 5.41) is 9.82. The average molecular weight is 433 g/mol. The topological polar surface area (TPSA) is 99.0 Å². The lowest BCUT2D eigenvalue weighted by Gasteiger charge is -2.07. The first-order valence-corrected chi connectivity index (χ1v) is 10.3. The first-order chi connectivity index (χ1) is 15.1. The van der Waals surface area contributed by atoms with E-state index in [9.17, 15) is 9.59 Å².